The predicted molar refractivity (Wildman–Crippen MR) is 102 cm³/mol. The molecule has 2 aromatic heterocycles. The molecular weight excluding hydrogens is 352 g/mol. The van der Waals surface area contributed by atoms with Gasteiger partial charge in [0.1, 0.15) is 11.6 Å². The van der Waals surface area contributed by atoms with Crippen LogP contribution >= 0.6 is 11.3 Å². The van der Waals surface area contributed by atoms with Crippen molar-refractivity contribution < 1.29 is 4.74 Å². The van der Waals surface area contributed by atoms with Gasteiger partial charge in [-0.2, -0.15) is 0 Å². The Bertz CT molecular complexity index is 977. The lowest BCUT2D eigenvalue weighted by atomic mass is 10.2. The van der Waals surface area contributed by atoms with Gasteiger partial charge in [0.05, 0.1) is 17.2 Å². The number of aromatic nitrogens is 4. The summed E-state index contributed by atoms with van der Waals surface area (Å²) in [5, 5.41) is 10.9. The predicted octanol–water partition coefficient (Wildman–Crippen LogP) is 1.26. The van der Waals surface area contributed by atoms with E-state index in [1.165, 1.54) is 4.57 Å². The molecule has 3 heterocycles. The zero-order valence-electron chi connectivity index (χ0n) is 14.8. The lowest BCUT2D eigenvalue weighted by Crippen LogP contribution is -2.46. The van der Waals surface area contributed by atoms with E-state index in [4.69, 9.17) is 4.74 Å². The van der Waals surface area contributed by atoms with Crippen molar-refractivity contribution in [2.24, 2.45) is 7.05 Å². The summed E-state index contributed by atoms with van der Waals surface area (Å²) in [6.07, 6.45) is 1.57. The number of methoxy groups -OCH3 is 1. The van der Waals surface area contributed by atoms with Gasteiger partial charge in [-0.1, -0.05) is 11.3 Å². The van der Waals surface area contributed by atoms with E-state index in [9.17, 15) is 4.79 Å². The molecule has 3 aromatic rings. The fraction of sp³-hybridized carbons (Fsp3) is 0.412. The third-order valence-corrected chi connectivity index (χ3v) is 5.50. The number of fused-ring (bicyclic) bond motifs is 1. The number of anilines is 2. The van der Waals surface area contributed by atoms with Crippen LogP contribution in [0.4, 0.5) is 10.8 Å². The maximum atomic E-state index is 12.1. The molecule has 0 N–H and O–H groups in total. The van der Waals surface area contributed by atoms with Crippen molar-refractivity contribution in [2.45, 2.75) is 6.61 Å². The standard InChI is InChI=1S/C17H20N6O2S/c1-21-11-18-14-9-12(3-4-13(14)16(21)24)22-5-7-23(8-6-22)17-20-19-15(26-17)10-25-2/h3-4,9,11H,5-8,10H2,1-2H3. The fourth-order valence-electron chi connectivity index (χ4n) is 3.11. The minimum absolute atomic E-state index is 0.0190. The second-order valence-electron chi connectivity index (χ2n) is 6.25. The molecular formula is C17H20N6O2S. The summed E-state index contributed by atoms with van der Waals surface area (Å²) < 4.78 is 6.61. The topological polar surface area (TPSA) is 76.4 Å². The third-order valence-electron chi connectivity index (χ3n) is 4.54. The number of hydrogen-bond acceptors (Lipinski definition) is 8. The van der Waals surface area contributed by atoms with Gasteiger partial charge in [0.2, 0.25) is 5.13 Å². The summed E-state index contributed by atoms with van der Waals surface area (Å²) >= 11 is 1.58. The largest absolute Gasteiger partial charge is 0.377 e. The number of aryl methyl sites for hydroxylation is 1. The highest BCUT2D eigenvalue weighted by Crippen LogP contribution is 2.25. The molecule has 1 aromatic carbocycles. The van der Waals surface area contributed by atoms with Crippen molar-refractivity contribution in [2.75, 3.05) is 43.1 Å². The molecule has 0 radical (unpaired) electrons. The first-order valence-corrected chi connectivity index (χ1v) is 9.24. The van der Waals surface area contributed by atoms with Crippen LogP contribution in [0.25, 0.3) is 10.9 Å². The summed E-state index contributed by atoms with van der Waals surface area (Å²) in [7, 11) is 3.38. The van der Waals surface area contributed by atoms with E-state index in [2.05, 4.69) is 25.0 Å². The van der Waals surface area contributed by atoms with Crippen LogP contribution < -0.4 is 15.4 Å². The summed E-state index contributed by atoms with van der Waals surface area (Å²) in [5.41, 5.74) is 1.81. The molecule has 4 rings (SSSR count). The summed E-state index contributed by atoms with van der Waals surface area (Å²) in [4.78, 5) is 21.1. The second-order valence-corrected chi connectivity index (χ2v) is 7.29. The molecule has 0 aliphatic carbocycles. The van der Waals surface area contributed by atoms with Crippen LogP contribution in [0.1, 0.15) is 5.01 Å². The molecule has 0 unspecified atom stereocenters. The average molecular weight is 372 g/mol. The Hall–Kier alpha value is -2.52. The Morgan fingerprint density at radius 2 is 1.92 bits per heavy atom. The number of rotatable bonds is 4. The van der Waals surface area contributed by atoms with Crippen molar-refractivity contribution in [3.63, 3.8) is 0 Å². The van der Waals surface area contributed by atoms with Gasteiger partial charge in [-0.25, -0.2) is 4.98 Å². The zero-order valence-corrected chi connectivity index (χ0v) is 15.6. The first kappa shape index (κ1) is 16.9. The highest BCUT2D eigenvalue weighted by Gasteiger charge is 2.21. The van der Waals surface area contributed by atoms with Gasteiger partial charge in [-0.3, -0.25) is 4.79 Å². The van der Waals surface area contributed by atoms with Crippen molar-refractivity contribution in [1.82, 2.24) is 19.7 Å². The van der Waals surface area contributed by atoms with Gasteiger partial charge in [0.15, 0.2) is 0 Å². The summed E-state index contributed by atoms with van der Waals surface area (Å²) in [6.45, 7) is 4.03. The molecule has 8 nitrogen and oxygen atoms in total. The van der Waals surface area contributed by atoms with E-state index < -0.39 is 0 Å². The lowest BCUT2D eigenvalue weighted by molar-refractivity contribution is 0.184. The van der Waals surface area contributed by atoms with Crippen molar-refractivity contribution in [3.8, 4) is 0 Å². The zero-order chi connectivity index (χ0) is 18.1. The number of piperazine rings is 1. The van der Waals surface area contributed by atoms with Crippen molar-refractivity contribution >= 4 is 33.1 Å². The van der Waals surface area contributed by atoms with Crippen LogP contribution in [-0.2, 0) is 18.4 Å². The number of hydrogen-bond donors (Lipinski definition) is 0. The Morgan fingerprint density at radius 1 is 1.15 bits per heavy atom. The Labute approximate surface area is 154 Å². The van der Waals surface area contributed by atoms with Crippen LogP contribution in [0.2, 0.25) is 0 Å². The minimum Gasteiger partial charge on any atom is -0.377 e. The Kier molecular flexibility index (Phi) is 4.56. The molecule has 1 fully saturated rings. The molecule has 0 bridgehead atoms. The lowest BCUT2D eigenvalue weighted by Gasteiger charge is -2.35. The average Bonchev–Trinajstić information content (AvgIpc) is 3.14. The van der Waals surface area contributed by atoms with Crippen LogP contribution in [-0.4, -0.2) is 53.0 Å². The monoisotopic (exact) mass is 372 g/mol. The molecule has 1 saturated heterocycles. The number of nitrogens with zero attached hydrogens (tertiary/aromatic N) is 6. The third kappa shape index (κ3) is 3.15. The number of benzene rings is 1. The molecule has 9 heteroatoms. The molecule has 0 amide bonds. The molecule has 0 atom stereocenters. The summed E-state index contributed by atoms with van der Waals surface area (Å²) in [5.74, 6) is 0. The van der Waals surface area contributed by atoms with E-state index in [-0.39, 0.29) is 5.56 Å². The van der Waals surface area contributed by atoms with E-state index in [1.54, 1.807) is 31.8 Å². The van der Waals surface area contributed by atoms with Gasteiger partial charge in [0.25, 0.3) is 5.56 Å². The Balaban J connectivity index is 1.48. The van der Waals surface area contributed by atoms with Crippen molar-refractivity contribution in [1.29, 1.82) is 0 Å². The van der Waals surface area contributed by atoms with Crippen molar-refractivity contribution in [3.05, 3.63) is 39.9 Å². The SMILES string of the molecule is COCc1nnc(N2CCN(c3ccc4c(=O)n(C)cnc4c3)CC2)s1. The van der Waals surface area contributed by atoms with E-state index in [0.717, 1.165) is 47.5 Å². The maximum Gasteiger partial charge on any atom is 0.260 e. The van der Waals surface area contributed by atoms with Gasteiger partial charge in [0, 0.05) is 46.0 Å². The van der Waals surface area contributed by atoms with Crippen LogP contribution in [0.5, 0.6) is 0 Å². The van der Waals surface area contributed by atoms with Crippen LogP contribution in [0, 0.1) is 0 Å². The molecule has 0 spiro atoms. The van der Waals surface area contributed by atoms with E-state index in [1.807, 2.05) is 18.2 Å². The quantitative estimate of drug-likeness (QED) is 0.682. The molecule has 26 heavy (non-hydrogen) atoms. The normalized spacial score (nSPS) is 15.0. The first-order valence-electron chi connectivity index (χ1n) is 8.42. The molecule has 0 saturated carbocycles. The van der Waals surface area contributed by atoms with E-state index >= 15 is 0 Å². The fourth-order valence-corrected chi connectivity index (χ4v) is 3.97. The first-order chi connectivity index (χ1) is 12.7. The highest BCUT2D eigenvalue weighted by molar-refractivity contribution is 7.15. The van der Waals surface area contributed by atoms with Gasteiger partial charge in [-0.05, 0) is 18.2 Å². The smallest absolute Gasteiger partial charge is 0.260 e. The van der Waals surface area contributed by atoms with Gasteiger partial charge < -0.3 is 19.1 Å². The molecule has 1 aliphatic rings. The van der Waals surface area contributed by atoms with Gasteiger partial charge >= 0.3 is 0 Å². The second kappa shape index (κ2) is 7.00. The molecule has 1 aliphatic heterocycles. The van der Waals surface area contributed by atoms with E-state index in [0.29, 0.717) is 12.0 Å². The van der Waals surface area contributed by atoms with Gasteiger partial charge in [-0.15, -0.1) is 10.2 Å². The number of ether oxygens (including phenoxy) is 1. The van der Waals surface area contributed by atoms with Crippen LogP contribution in [0.3, 0.4) is 0 Å². The Morgan fingerprint density at radius 3 is 2.69 bits per heavy atom. The molecule has 136 valence electrons. The minimum atomic E-state index is -0.0190. The highest BCUT2D eigenvalue weighted by atomic mass is 32.1. The maximum absolute atomic E-state index is 12.1. The van der Waals surface area contributed by atoms with Crippen LogP contribution in [0.15, 0.2) is 29.3 Å². The summed E-state index contributed by atoms with van der Waals surface area (Å²) in [6, 6.07) is 5.87.